The second-order valence-electron chi connectivity index (χ2n) is 9.57. The molecule has 1 saturated carbocycles. The fraction of sp³-hybridized carbons (Fsp3) is 0.789. The summed E-state index contributed by atoms with van der Waals surface area (Å²) in [5.41, 5.74) is -5.27. The molecule has 0 radical (unpaired) electrons. The normalized spacial score (nSPS) is 29.6. The highest BCUT2D eigenvalue weighted by Crippen LogP contribution is 2.57. The molecule has 2 rings (SSSR count). The van der Waals surface area contributed by atoms with Crippen LogP contribution in [0.15, 0.2) is 24.0 Å². The fourth-order valence-corrected chi connectivity index (χ4v) is 6.01. The van der Waals surface area contributed by atoms with E-state index in [9.17, 15) is 21.6 Å². The molecule has 0 aromatic heterocycles. The molecule has 2 aliphatic carbocycles. The zero-order chi connectivity index (χ0) is 21.8. The monoisotopic (exact) mass is 440 g/mol. The largest absolute Gasteiger partial charge is 0.534 e. The van der Waals surface area contributed by atoms with Crippen molar-refractivity contribution in [3.8, 4) is 0 Å². The van der Waals surface area contributed by atoms with Crippen molar-refractivity contribution in [2.24, 2.45) is 11.3 Å². The molecule has 0 aliphatic heterocycles. The number of alkyl halides is 3. The van der Waals surface area contributed by atoms with Gasteiger partial charge >= 0.3 is 15.6 Å². The van der Waals surface area contributed by atoms with Gasteiger partial charge in [-0.25, -0.2) is 0 Å². The van der Waals surface area contributed by atoms with Crippen LogP contribution in [0.1, 0.15) is 53.4 Å². The van der Waals surface area contributed by atoms with Crippen LogP contribution in [0.25, 0.3) is 0 Å². The van der Waals surface area contributed by atoms with Crippen LogP contribution in [0.5, 0.6) is 0 Å². The maximum absolute atomic E-state index is 12.7. The third kappa shape index (κ3) is 4.07. The zero-order valence-corrected chi connectivity index (χ0v) is 19.3. The Morgan fingerprint density at radius 2 is 1.79 bits per heavy atom. The first-order valence-electron chi connectivity index (χ1n) is 9.50. The number of hydrogen-bond donors (Lipinski definition) is 0. The first kappa shape index (κ1) is 23.5. The molecule has 0 amide bonds. The topological polar surface area (TPSA) is 52.6 Å². The molecule has 3 atom stereocenters. The Morgan fingerprint density at radius 3 is 2.25 bits per heavy atom. The number of rotatable bonds is 5. The van der Waals surface area contributed by atoms with Gasteiger partial charge in [-0.05, 0) is 54.3 Å². The van der Waals surface area contributed by atoms with Crippen molar-refractivity contribution in [2.75, 3.05) is 0 Å². The van der Waals surface area contributed by atoms with Crippen molar-refractivity contribution >= 4 is 18.4 Å². The number of fused-ring (bicyclic) bond motifs is 1. The van der Waals surface area contributed by atoms with Crippen LogP contribution in [0.3, 0.4) is 0 Å². The molecule has 2 aliphatic rings. The lowest BCUT2D eigenvalue weighted by molar-refractivity contribution is -0.0529. The summed E-state index contributed by atoms with van der Waals surface area (Å²) >= 11 is 0. The molecular formula is C19H31F3O4SSi. The minimum atomic E-state index is -5.68. The van der Waals surface area contributed by atoms with Gasteiger partial charge in [-0.2, -0.15) is 21.6 Å². The van der Waals surface area contributed by atoms with Crippen LogP contribution in [0.4, 0.5) is 13.2 Å². The molecule has 9 heteroatoms. The molecule has 0 spiro atoms. The summed E-state index contributed by atoms with van der Waals surface area (Å²) in [5, 5.41) is 0.0439. The second-order valence-corrected chi connectivity index (χ2v) is 15.9. The smallest absolute Gasteiger partial charge is 0.413 e. The molecular weight excluding hydrogens is 409 g/mol. The molecule has 162 valence electrons. The van der Waals surface area contributed by atoms with Crippen molar-refractivity contribution in [1.29, 1.82) is 0 Å². The maximum Gasteiger partial charge on any atom is 0.534 e. The SMILES string of the molecule is C=CC1=C(OS(=O)(=O)C(F)(F)F)CC[C@]2(C)[C@@H](O[Si](C)(C)C(C)(C)C)CC[C@@H]12. The van der Waals surface area contributed by atoms with E-state index in [1.54, 1.807) is 0 Å². The number of halogens is 3. The fourth-order valence-electron chi connectivity index (χ4n) is 4.02. The first-order valence-corrected chi connectivity index (χ1v) is 13.8. The molecule has 0 aromatic rings. The highest BCUT2D eigenvalue weighted by Gasteiger charge is 2.55. The summed E-state index contributed by atoms with van der Waals surface area (Å²) in [6.07, 6.45) is 3.53. The van der Waals surface area contributed by atoms with Gasteiger partial charge in [0.2, 0.25) is 0 Å². The molecule has 0 aromatic carbocycles. The van der Waals surface area contributed by atoms with Crippen molar-refractivity contribution in [1.82, 2.24) is 0 Å². The lowest BCUT2D eigenvalue weighted by Crippen LogP contribution is -2.48. The van der Waals surface area contributed by atoms with Gasteiger partial charge in [-0.3, -0.25) is 0 Å². The molecule has 4 nitrogen and oxygen atoms in total. The Hall–Kier alpha value is -0.803. The lowest BCUT2D eigenvalue weighted by Gasteiger charge is -2.46. The molecule has 0 bridgehead atoms. The van der Waals surface area contributed by atoms with Crippen LogP contribution in [-0.4, -0.2) is 28.3 Å². The Balaban J connectivity index is 2.34. The van der Waals surface area contributed by atoms with Gasteiger partial charge in [0.05, 0.1) is 6.10 Å². The molecule has 0 unspecified atom stereocenters. The summed E-state index contributed by atoms with van der Waals surface area (Å²) in [6, 6.07) is 0. The van der Waals surface area contributed by atoms with Crippen molar-refractivity contribution in [3.05, 3.63) is 24.0 Å². The zero-order valence-electron chi connectivity index (χ0n) is 17.4. The Bertz CT molecular complexity index is 765. The predicted molar refractivity (Wildman–Crippen MR) is 105 cm³/mol. The van der Waals surface area contributed by atoms with Crippen LogP contribution >= 0.6 is 0 Å². The molecule has 1 fully saturated rings. The van der Waals surface area contributed by atoms with E-state index in [0.29, 0.717) is 18.4 Å². The molecule has 0 saturated heterocycles. The van der Waals surface area contributed by atoms with E-state index >= 15 is 0 Å². The first-order chi connectivity index (χ1) is 12.5. The van der Waals surface area contributed by atoms with E-state index in [1.807, 2.05) is 0 Å². The standard InChI is InChI=1S/C19H31F3O4SSi/c1-8-13-14-9-10-16(26-28(6,7)17(2,3)4)18(14,5)12-11-15(13)25-27(23,24)19(20,21)22/h8,14,16H,1,9-12H2,2-7H3/t14-,16-,18-/m0/s1. The van der Waals surface area contributed by atoms with E-state index < -0.39 is 23.9 Å². The van der Waals surface area contributed by atoms with E-state index in [0.717, 1.165) is 6.42 Å². The van der Waals surface area contributed by atoms with Gasteiger partial charge in [0.15, 0.2) is 8.32 Å². The summed E-state index contributed by atoms with van der Waals surface area (Å²) in [5.74, 6) is -0.269. The average Bonchev–Trinajstić information content (AvgIpc) is 2.81. The quantitative estimate of drug-likeness (QED) is 0.304. The van der Waals surface area contributed by atoms with Gasteiger partial charge in [-0.15, -0.1) is 0 Å². The number of allylic oxidation sites excluding steroid dienone is 3. The van der Waals surface area contributed by atoms with Crippen LogP contribution in [0.2, 0.25) is 18.1 Å². The van der Waals surface area contributed by atoms with Crippen LogP contribution in [-0.2, 0) is 18.7 Å². The third-order valence-corrected chi connectivity index (χ3v) is 12.3. The second kappa shape index (κ2) is 7.16. The van der Waals surface area contributed by atoms with Gasteiger partial charge < -0.3 is 8.61 Å². The highest BCUT2D eigenvalue weighted by atomic mass is 32.2. The van der Waals surface area contributed by atoms with Gasteiger partial charge in [0, 0.05) is 6.42 Å². The van der Waals surface area contributed by atoms with Crippen molar-refractivity contribution in [3.63, 3.8) is 0 Å². The van der Waals surface area contributed by atoms with E-state index in [4.69, 9.17) is 4.43 Å². The van der Waals surface area contributed by atoms with Crippen LogP contribution in [0, 0.1) is 11.3 Å². The van der Waals surface area contributed by atoms with Gasteiger partial charge in [0.1, 0.15) is 5.76 Å². The lowest BCUT2D eigenvalue weighted by atomic mass is 9.67. The Morgan fingerprint density at radius 1 is 1.21 bits per heavy atom. The molecule has 28 heavy (non-hydrogen) atoms. The van der Waals surface area contributed by atoms with Crippen LogP contribution < -0.4 is 0 Å². The maximum atomic E-state index is 12.7. The summed E-state index contributed by atoms with van der Waals surface area (Å²) in [4.78, 5) is 0. The van der Waals surface area contributed by atoms with Crippen molar-refractivity contribution < 1.29 is 30.2 Å². The molecule has 0 heterocycles. The van der Waals surface area contributed by atoms with Crippen molar-refractivity contribution in [2.45, 2.75) is 83.1 Å². The van der Waals surface area contributed by atoms with E-state index in [1.165, 1.54) is 6.08 Å². The Kier molecular flexibility index (Phi) is 6.00. The Labute approximate surface area is 167 Å². The van der Waals surface area contributed by atoms with Gasteiger partial charge in [-0.1, -0.05) is 40.3 Å². The van der Waals surface area contributed by atoms with E-state index in [-0.39, 0.29) is 34.7 Å². The minimum Gasteiger partial charge on any atom is -0.413 e. The predicted octanol–water partition coefficient (Wildman–Crippen LogP) is 5.89. The highest BCUT2D eigenvalue weighted by molar-refractivity contribution is 7.87. The van der Waals surface area contributed by atoms with Gasteiger partial charge in [0.25, 0.3) is 0 Å². The third-order valence-electron chi connectivity index (χ3n) is 6.79. The van der Waals surface area contributed by atoms with E-state index in [2.05, 4.69) is 51.6 Å². The number of hydrogen-bond acceptors (Lipinski definition) is 4. The summed E-state index contributed by atoms with van der Waals surface area (Å²) < 4.78 is 72.4. The molecule has 0 N–H and O–H groups in total. The summed E-state index contributed by atoms with van der Waals surface area (Å²) in [7, 11) is -7.70. The average molecular weight is 441 g/mol. The minimum absolute atomic E-state index is 0.0193. The summed E-state index contributed by atoms with van der Waals surface area (Å²) in [6.45, 7) is 16.7.